The van der Waals surface area contributed by atoms with Gasteiger partial charge in [-0.25, -0.2) is 0 Å². The van der Waals surface area contributed by atoms with Gasteiger partial charge < -0.3 is 16.0 Å². The number of carbonyl (C=O) groups is 1. The second-order valence-electron chi connectivity index (χ2n) is 3.63. The lowest BCUT2D eigenvalue weighted by molar-refractivity contribution is -0.132. The largest absolute Gasteiger partial charge is 0.343 e. The van der Waals surface area contributed by atoms with Gasteiger partial charge in [-0.1, -0.05) is 13.8 Å². The van der Waals surface area contributed by atoms with Gasteiger partial charge in [0.25, 0.3) is 0 Å². The lowest BCUT2D eigenvalue weighted by atomic mass is 10.0. The van der Waals surface area contributed by atoms with Crippen molar-refractivity contribution in [3.05, 3.63) is 0 Å². The van der Waals surface area contributed by atoms with Crippen molar-refractivity contribution < 1.29 is 4.79 Å². The fourth-order valence-electron chi connectivity index (χ4n) is 0.929. The third-order valence-electron chi connectivity index (χ3n) is 2.08. The van der Waals surface area contributed by atoms with E-state index in [1.165, 1.54) is 0 Å². The lowest BCUT2D eigenvalue weighted by Crippen LogP contribution is -2.46. The summed E-state index contributed by atoms with van der Waals surface area (Å²) in [4.78, 5) is 13.2. The molecule has 0 fully saturated rings. The molecule has 0 aromatic carbocycles. The molecule has 0 radical (unpaired) electrons. The van der Waals surface area contributed by atoms with Crippen molar-refractivity contribution in [3.63, 3.8) is 0 Å². The number of nitrogens with one attached hydrogen (secondary N) is 1. The number of nitrogens with zero attached hydrogens (tertiary/aromatic N) is 1. The van der Waals surface area contributed by atoms with E-state index in [0.29, 0.717) is 6.54 Å². The summed E-state index contributed by atoms with van der Waals surface area (Å²) in [5, 5.41) is 2.99. The average molecular weight is 187 g/mol. The van der Waals surface area contributed by atoms with Gasteiger partial charge in [-0.3, -0.25) is 4.79 Å². The molecule has 1 atom stereocenters. The minimum Gasteiger partial charge on any atom is -0.343 e. The Morgan fingerprint density at radius 3 is 2.46 bits per heavy atom. The second-order valence-corrected chi connectivity index (χ2v) is 3.63. The van der Waals surface area contributed by atoms with Gasteiger partial charge in [0.05, 0.1) is 6.04 Å². The topological polar surface area (TPSA) is 58.4 Å². The highest BCUT2D eigenvalue weighted by molar-refractivity contribution is 5.81. The van der Waals surface area contributed by atoms with E-state index in [1.807, 2.05) is 20.9 Å². The van der Waals surface area contributed by atoms with Crippen molar-refractivity contribution in [2.75, 3.05) is 27.2 Å². The Kier molecular flexibility index (Phi) is 5.66. The first-order valence-electron chi connectivity index (χ1n) is 4.65. The van der Waals surface area contributed by atoms with Gasteiger partial charge in [-0.15, -0.1) is 0 Å². The van der Waals surface area contributed by atoms with Crippen molar-refractivity contribution in [3.8, 4) is 0 Å². The molecule has 0 saturated carbocycles. The molecule has 4 nitrogen and oxygen atoms in total. The second kappa shape index (κ2) is 5.94. The van der Waals surface area contributed by atoms with Crippen LogP contribution in [0.15, 0.2) is 0 Å². The number of likely N-dealkylation sites (N-methyl/N-ethyl adjacent to an activating group) is 2. The number of hydrogen-bond acceptors (Lipinski definition) is 3. The molecule has 0 aliphatic carbocycles. The number of carbonyl (C=O) groups excluding carboxylic acids is 1. The summed E-state index contributed by atoms with van der Waals surface area (Å²) in [6, 6.07) is -0.373. The van der Waals surface area contributed by atoms with Gasteiger partial charge in [-0.2, -0.15) is 0 Å². The summed E-state index contributed by atoms with van der Waals surface area (Å²) in [6.45, 7) is 5.41. The summed E-state index contributed by atoms with van der Waals surface area (Å²) in [5.74, 6) is 0.217. The van der Waals surface area contributed by atoms with Crippen LogP contribution in [0.3, 0.4) is 0 Å². The van der Waals surface area contributed by atoms with Crippen molar-refractivity contribution in [1.82, 2.24) is 10.2 Å². The monoisotopic (exact) mass is 187 g/mol. The third-order valence-corrected chi connectivity index (χ3v) is 2.08. The fourth-order valence-corrected chi connectivity index (χ4v) is 0.929. The minimum atomic E-state index is -0.373. The first-order valence-corrected chi connectivity index (χ1v) is 4.65. The molecule has 78 valence electrons. The van der Waals surface area contributed by atoms with Gasteiger partial charge in [-0.05, 0) is 13.0 Å². The van der Waals surface area contributed by atoms with Gasteiger partial charge in [0.1, 0.15) is 0 Å². The van der Waals surface area contributed by atoms with Crippen LogP contribution in [0.1, 0.15) is 13.8 Å². The van der Waals surface area contributed by atoms with Crippen LogP contribution >= 0.6 is 0 Å². The van der Waals surface area contributed by atoms with Crippen LogP contribution in [0, 0.1) is 5.92 Å². The Hall–Kier alpha value is -0.610. The number of rotatable bonds is 5. The minimum absolute atomic E-state index is 0.0188. The maximum atomic E-state index is 11.6. The van der Waals surface area contributed by atoms with Gasteiger partial charge >= 0.3 is 0 Å². The van der Waals surface area contributed by atoms with Crippen LogP contribution in [-0.4, -0.2) is 44.0 Å². The zero-order valence-corrected chi connectivity index (χ0v) is 9.00. The van der Waals surface area contributed by atoms with Crippen molar-refractivity contribution in [2.45, 2.75) is 19.9 Å². The molecule has 0 aliphatic rings. The van der Waals surface area contributed by atoms with Crippen LogP contribution < -0.4 is 11.1 Å². The summed E-state index contributed by atoms with van der Waals surface area (Å²) in [5.41, 5.74) is 5.72. The van der Waals surface area contributed by atoms with E-state index in [4.69, 9.17) is 5.73 Å². The van der Waals surface area contributed by atoms with Gasteiger partial charge in [0.2, 0.25) is 5.91 Å². The molecule has 0 heterocycles. The summed E-state index contributed by atoms with van der Waals surface area (Å²) in [6.07, 6.45) is 0. The lowest BCUT2D eigenvalue weighted by Gasteiger charge is -2.23. The molecule has 0 aromatic heterocycles. The Morgan fingerprint density at radius 2 is 2.08 bits per heavy atom. The van der Waals surface area contributed by atoms with Crippen LogP contribution in [-0.2, 0) is 4.79 Å². The molecule has 1 amide bonds. The summed E-state index contributed by atoms with van der Waals surface area (Å²) >= 11 is 0. The molecule has 0 spiro atoms. The summed E-state index contributed by atoms with van der Waals surface area (Å²) < 4.78 is 0. The Morgan fingerprint density at radius 1 is 1.54 bits per heavy atom. The first-order chi connectivity index (χ1) is 6.00. The van der Waals surface area contributed by atoms with E-state index in [0.717, 1.165) is 6.54 Å². The number of amides is 1. The molecule has 0 saturated heterocycles. The SMILES string of the molecule is CNCCN(C)C(=O)[C@@H](N)C(C)C. The quantitative estimate of drug-likeness (QED) is 0.618. The molecular weight excluding hydrogens is 166 g/mol. The van der Waals surface area contributed by atoms with Crippen molar-refractivity contribution in [1.29, 1.82) is 0 Å². The van der Waals surface area contributed by atoms with E-state index in [9.17, 15) is 4.79 Å². The number of nitrogens with two attached hydrogens (primary N) is 1. The first kappa shape index (κ1) is 12.4. The van der Waals surface area contributed by atoms with Gasteiger partial charge in [0.15, 0.2) is 0 Å². The maximum Gasteiger partial charge on any atom is 0.239 e. The van der Waals surface area contributed by atoms with Crippen LogP contribution in [0.2, 0.25) is 0 Å². The molecule has 4 heteroatoms. The smallest absolute Gasteiger partial charge is 0.239 e. The highest BCUT2D eigenvalue weighted by Gasteiger charge is 2.20. The standard InChI is InChI=1S/C9H21N3O/c1-7(2)8(10)9(13)12(4)6-5-11-3/h7-8,11H,5-6,10H2,1-4H3/t8-/m0/s1. The van der Waals surface area contributed by atoms with E-state index in [2.05, 4.69) is 5.32 Å². The Labute approximate surface area is 80.5 Å². The van der Waals surface area contributed by atoms with Crippen LogP contribution in [0.5, 0.6) is 0 Å². The molecule has 0 aliphatic heterocycles. The molecule has 0 rings (SSSR count). The summed E-state index contributed by atoms with van der Waals surface area (Å²) in [7, 11) is 3.64. The zero-order valence-electron chi connectivity index (χ0n) is 9.00. The molecule has 3 N–H and O–H groups in total. The molecule has 0 aromatic rings. The van der Waals surface area contributed by atoms with Crippen LogP contribution in [0.4, 0.5) is 0 Å². The Balaban J connectivity index is 3.94. The normalized spacial score (nSPS) is 13.1. The molecule has 0 bridgehead atoms. The zero-order chi connectivity index (χ0) is 10.4. The highest BCUT2D eigenvalue weighted by Crippen LogP contribution is 2.01. The number of hydrogen-bond donors (Lipinski definition) is 2. The van der Waals surface area contributed by atoms with Crippen molar-refractivity contribution >= 4 is 5.91 Å². The van der Waals surface area contributed by atoms with Crippen molar-refractivity contribution in [2.24, 2.45) is 11.7 Å². The van der Waals surface area contributed by atoms with E-state index in [1.54, 1.807) is 11.9 Å². The Bertz CT molecular complexity index is 159. The maximum absolute atomic E-state index is 11.6. The van der Waals surface area contributed by atoms with Crippen LogP contribution in [0.25, 0.3) is 0 Å². The highest BCUT2D eigenvalue weighted by atomic mass is 16.2. The fraction of sp³-hybridized carbons (Fsp3) is 0.889. The molecule has 13 heavy (non-hydrogen) atoms. The predicted molar refractivity (Wildman–Crippen MR) is 54.4 cm³/mol. The predicted octanol–water partition coefficient (Wildman–Crippen LogP) is -0.352. The average Bonchev–Trinajstić information content (AvgIpc) is 2.11. The molecular formula is C9H21N3O. The third kappa shape index (κ3) is 4.24. The molecule has 0 unspecified atom stereocenters. The van der Waals surface area contributed by atoms with E-state index < -0.39 is 0 Å². The van der Waals surface area contributed by atoms with Gasteiger partial charge in [0, 0.05) is 20.1 Å². The van der Waals surface area contributed by atoms with E-state index >= 15 is 0 Å². The van der Waals surface area contributed by atoms with E-state index in [-0.39, 0.29) is 17.9 Å².